The first-order chi connectivity index (χ1) is 5.02. The van der Waals surface area contributed by atoms with Gasteiger partial charge < -0.3 is 0 Å². The van der Waals surface area contributed by atoms with Gasteiger partial charge in [-0.3, -0.25) is 4.98 Å². The van der Waals surface area contributed by atoms with Gasteiger partial charge in [-0.15, -0.1) is 0 Å². The van der Waals surface area contributed by atoms with E-state index in [0.717, 1.165) is 13.1 Å². The lowest BCUT2D eigenvalue weighted by Gasteiger charge is -2.10. The van der Waals surface area contributed by atoms with E-state index in [2.05, 4.69) is 4.98 Å². The molecule has 0 aliphatic rings. The van der Waals surface area contributed by atoms with Gasteiger partial charge in [-0.25, -0.2) is 8.78 Å². The first kappa shape index (κ1) is 8.40. The van der Waals surface area contributed by atoms with Crippen molar-refractivity contribution in [3.05, 3.63) is 29.0 Å². The molecule has 1 rings (SSSR count). The largest absolute Gasteiger partial charge is 0.273 e. The van der Waals surface area contributed by atoms with Gasteiger partial charge in [0.2, 0.25) is 0 Å². The van der Waals surface area contributed by atoms with Crippen molar-refractivity contribution < 1.29 is 8.78 Å². The number of aromatic nitrogens is 1. The molecule has 60 valence electrons. The zero-order valence-electron chi connectivity index (χ0n) is 5.81. The molecule has 0 saturated carbocycles. The van der Waals surface area contributed by atoms with Crippen LogP contribution in [0.4, 0.5) is 8.78 Å². The van der Waals surface area contributed by atoms with Crippen molar-refractivity contribution >= 4 is 11.6 Å². The van der Waals surface area contributed by atoms with Gasteiger partial charge in [0, 0.05) is 19.3 Å². The quantitative estimate of drug-likeness (QED) is 0.643. The maximum absolute atomic E-state index is 12.6. The minimum Gasteiger partial charge on any atom is -0.264 e. The molecular weight excluding hydrogens is 172 g/mol. The van der Waals surface area contributed by atoms with Crippen LogP contribution in [0.3, 0.4) is 0 Å². The summed E-state index contributed by atoms with van der Waals surface area (Å²) in [5.41, 5.74) is -0.235. The van der Waals surface area contributed by atoms with Gasteiger partial charge in [-0.2, -0.15) is 0 Å². The molecule has 1 heterocycles. The fraction of sp³-hybridized carbons (Fsp3) is 0.286. The molecule has 1 nitrogen and oxygen atoms in total. The molecule has 0 unspecified atom stereocenters. The lowest BCUT2D eigenvalue weighted by atomic mass is 10.2. The fourth-order valence-electron chi connectivity index (χ4n) is 0.701. The molecule has 0 aliphatic carbocycles. The fourth-order valence-corrected chi connectivity index (χ4v) is 0.972. The summed E-state index contributed by atoms with van der Waals surface area (Å²) >= 11 is 5.49. The summed E-state index contributed by atoms with van der Waals surface area (Å²) in [5.74, 6) is -2.91. The lowest BCUT2D eigenvalue weighted by molar-refractivity contribution is 0.0172. The van der Waals surface area contributed by atoms with Crippen molar-refractivity contribution in [1.29, 1.82) is 0 Å². The van der Waals surface area contributed by atoms with Gasteiger partial charge in [0.15, 0.2) is 0 Å². The van der Waals surface area contributed by atoms with E-state index < -0.39 is 5.92 Å². The maximum Gasteiger partial charge on any atom is 0.273 e. The Morgan fingerprint density at radius 3 is 2.55 bits per heavy atom. The monoisotopic (exact) mass is 177 g/mol. The third-order valence-electron chi connectivity index (χ3n) is 1.24. The number of alkyl halides is 2. The van der Waals surface area contributed by atoms with Crippen LogP contribution in [0.2, 0.25) is 5.02 Å². The number of rotatable bonds is 1. The van der Waals surface area contributed by atoms with E-state index >= 15 is 0 Å². The molecule has 0 radical (unpaired) electrons. The Labute approximate surface area is 68.0 Å². The molecule has 0 amide bonds. The average Bonchev–Trinajstić information content (AvgIpc) is 1.86. The molecular formula is C7H6ClF2N. The second kappa shape index (κ2) is 2.74. The second-order valence-electron chi connectivity index (χ2n) is 2.24. The number of hydrogen-bond acceptors (Lipinski definition) is 1. The first-order valence-corrected chi connectivity index (χ1v) is 3.37. The van der Waals surface area contributed by atoms with Gasteiger partial charge in [0.25, 0.3) is 5.92 Å². The van der Waals surface area contributed by atoms with Crippen molar-refractivity contribution in [3.63, 3.8) is 0 Å². The summed E-state index contributed by atoms with van der Waals surface area (Å²) in [6.07, 6.45) is 2.44. The molecule has 4 heteroatoms. The van der Waals surface area contributed by atoms with Gasteiger partial charge in [-0.05, 0) is 6.07 Å². The molecule has 0 bridgehead atoms. The van der Waals surface area contributed by atoms with Crippen LogP contribution in [0, 0.1) is 0 Å². The number of pyridine rings is 1. The topological polar surface area (TPSA) is 12.9 Å². The highest BCUT2D eigenvalue weighted by Crippen LogP contribution is 2.31. The Kier molecular flexibility index (Phi) is 2.09. The Balaban J connectivity index is 3.14. The summed E-state index contributed by atoms with van der Waals surface area (Å²) in [6, 6.07) is 1.34. The summed E-state index contributed by atoms with van der Waals surface area (Å²) < 4.78 is 25.2. The van der Waals surface area contributed by atoms with Gasteiger partial charge in [-0.1, -0.05) is 11.6 Å². The van der Waals surface area contributed by atoms with E-state index in [1.165, 1.54) is 12.3 Å². The van der Waals surface area contributed by atoms with E-state index in [-0.39, 0.29) is 10.6 Å². The van der Waals surface area contributed by atoms with Crippen LogP contribution in [-0.4, -0.2) is 4.98 Å². The van der Waals surface area contributed by atoms with Crippen LogP contribution in [0.1, 0.15) is 12.5 Å². The third-order valence-corrected chi connectivity index (χ3v) is 1.57. The van der Waals surface area contributed by atoms with Crippen LogP contribution in [0.15, 0.2) is 18.5 Å². The molecule has 1 aromatic rings. The van der Waals surface area contributed by atoms with Crippen molar-refractivity contribution in [2.75, 3.05) is 0 Å². The van der Waals surface area contributed by atoms with E-state index in [9.17, 15) is 8.78 Å². The molecule has 0 spiro atoms. The van der Waals surface area contributed by atoms with Crippen molar-refractivity contribution in [2.45, 2.75) is 12.8 Å². The zero-order valence-corrected chi connectivity index (χ0v) is 6.57. The molecule has 11 heavy (non-hydrogen) atoms. The number of halogens is 3. The molecule has 0 N–H and O–H groups in total. The molecule has 0 aromatic carbocycles. The summed E-state index contributed by atoms with van der Waals surface area (Å²) in [4.78, 5) is 3.55. The van der Waals surface area contributed by atoms with Crippen LogP contribution in [-0.2, 0) is 5.92 Å². The first-order valence-electron chi connectivity index (χ1n) is 2.99. The summed E-state index contributed by atoms with van der Waals surface area (Å²) in [5, 5.41) is 0.0486. The summed E-state index contributed by atoms with van der Waals surface area (Å²) in [6.45, 7) is 0.788. The smallest absolute Gasteiger partial charge is 0.264 e. The third kappa shape index (κ3) is 1.87. The Hall–Kier alpha value is -0.700. The van der Waals surface area contributed by atoms with Gasteiger partial charge in [0.05, 0.1) is 10.6 Å². The minimum atomic E-state index is -2.91. The van der Waals surface area contributed by atoms with Crippen LogP contribution in [0.25, 0.3) is 0 Å². The predicted octanol–water partition coefficient (Wildman–Crippen LogP) is 2.85. The van der Waals surface area contributed by atoms with E-state index in [1.807, 2.05) is 0 Å². The van der Waals surface area contributed by atoms with Gasteiger partial charge in [0.1, 0.15) is 0 Å². The SMILES string of the molecule is CC(F)(F)c1cnccc1Cl. The normalized spacial score (nSPS) is 11.6. The standard InChI is InChI=1S/C7H6ClF2N/c1-7(9,10)5-4-11-3-2-6(5)8/h2-4H,1H3. The maximum atomic E-state index is 12.6. The highest BCUT2D eigenvalue weighted by Gasteiger charge is 2.26. The molecule has 0 aliphatic heterocycles. The van der Waals surface area contributed by atoms with E-state index in [4.69, 9.17) is 11.6 Å². The Morgan fingerprint density at radius 1 is 1.55 bits per heavy atom. The highest BCUT2D eigenvalue weighted by atomic mass is 35.5. The molecule has 0 fully saturated rings. The average molecular weight is 178 g/mol. The number of hydrogen-bond donors (Lipinski definition) is 0. The highest BCUT2D eigenvalue weighted by molar-refractivity contribution is 6.31. The second-order valence-corrected chi connectivity index (χ2v) is 2.65. The van der Waals surface area contributed by atoms with Crippen molar-refractivity contribution in [3.8, 4) is 0 Å². The molecule has 0 atom stereocenters. The lowest BCUT2D eigenvalue weighted by Crippen LogP contribution is -2.07. The van der Waals surface area contributed by atoms with Gasteiger partial charge >= 0.3 is 0 Å². The van der Waals surface area contributed by atoms with Crippen LogP contribution >= 0.6 is 11.6 Å². The van der Waals surface area contributed by atoms with Crippen molar-refractivity contribution in [2.24, 2.45) is 0 Å². The zero-order chi connectivity index (χ0) is 8.48. The van der Waals surface area contributed by atoms with Crippen molar-refractivity contribution in [1.82, 2.24) is 4.98 Å². The summed E-state index contributed by atoms with van der Waals surface area (Å²) in [7, 11) is 0. The molecule has 0 saturated heterocycles. The minimum absolute atomic E-state index is 0.0486. The van der Waals surface area contributed by atoms with E-state index in [1.54, 1.807) is 0 Å². The number of nitrogens with zero attached hydrogens (tertiary/aromatic N) is 1. The van der Waals surface area contributed by atoms with Crippen LogP contribution in [0.5, 0.6) is 0 Å². The predicted molar refractivity (Wildman–Crippen MR) is 38.8 cm³/mol. The Morgan fingerprint density at radius 2 is 2.18 bits per heavy atom. The molecule has 1 aromatic heterocycles. The van der Waals surface area contributed by atoms with E-state index in [0.29, 0.717) is 0 Å². The van der Waals surface area contributed by atoms with Crippen LogP contribution < -0.4 is 0 Å². The Bertz CT molecular complexity index is 257.